The minimum absolute atomic E-state index is 0.0380. The summed E-state index contributed by atoms with van der Waals surface area (Å²) in [6, 6.07) is 8.44. The Hall–Kier alpha value is -3.16. The molecule has 0 radical (unpaired) electrons. The van der Waals surface area contributed by atoms with E-state index >= 15 is 0 Å². The van der Waals surface area contributed by atoms with Crippen molar-refractivity contribution in [2.45, 2.75) is 33.1 Å². The molecular formula is C18H21N3O5. The van der Waals surface area contributed by atoms with Crippen LogP contribution < -0.4 is 10.2 Å². The van der Waals surface area contributed by atoms with Gasteiger partial charge >= 0.3 is 5.88 Å². The van der Waals surface area contributed by atoms with Crippen LogP contribution in [0.5, 0.6) is 5.75 Å². The molecule has 0 atom stereocenters. The summed E-state index contributed by atoms with van der Waals surface area (Å²) < 4.78 is 10.4. The first-order chi connectivity index (χ1) is 12.2. The third-order valence-electron chi connectivity index (χ3n) is 3.57. The van der Waals surface area contributed by atoms with Gasteiger partial charge in [-0.1, -0.05) is 32.9 Å². The Labute approximate surface area is 151 Å². The largest absolute Gasteiger partial charge is 0.483 e. The first kappa shape index (κ1) is 19.2. The molecule has 0 aliphatic carbocycles. The lowest BCUT2D eigenvalue weighted by Gasteiger charge is -2.20. The van der Waals surface area contributed by atoms with Gasteiger partial charge in [-0.3, -0.25) is 14.9 Å². The number of nitrogens with zero attached hydrogens (tertiary/aromatic N) is 2. The fraction of sp³-hybridized carbons (Fsp3) is 0.333. The number of furan rings is 1. The number of hydrogen-bond acceptors (Lipinski definition) is 6. The summed E-state index contributed by atoms with van der Waals surface area (Å²) in [5.74, 6) is -0.0674. The van der Waals surface area contributed by atoms with Gasteiger partial charge in [-0.25, -0.2) is 5.43 Å². The van der Waals surface area contributed by atoms with Crippen LogP contribution in [0.2, 0.25) is 0 Å². The Balaban J connectivity index is 1.86. The average molecular weight is 359 g/mol. The summed E-state index contributed by atoms with van der Waals surface area (Å²) >= 11 is 0. The summed E-state index contributed by atoms with van der Waals surface area (Å²) in [5.41, 5.74) is 4.43. The Kier molecular flexibility index (Phi) is 5.76. The topological polar surface area (TPSA) is 107 Å². The van der Waals surface area contributed by atoms with Gasteiger partial charge in [0, 0.05) is 0 Å². The lowest BCUT2D eigenvalue weighted by Crippen LogP contribution is -2.24. The molecule has 1 N–H and O–H groups in total. The zero-order valence-electron chi connectivity index (χ0n) is 15.1. The molecule has 0 saturated carbocycles. The molecule has 1 heterocycles. The first-order valence-corrected chi connectivity index (χ1v) is 7.97. The molecule has 0 saturated heterocycles. The van der Waals surface area contributed by atoms with Gasteiger partial charge in [-0.15, -0.1) is 0 Å². The van der Waals surface area contributed by atoms with Gasteiger partial charge in [-0.2, -0.15) is 5.10 Å². The number of aryl methyl sites for hydroxylation is 1. The lowest BCUT2D eigenvalue weighted by atomic mass is 9.86. The number of carbonyl (C=O) groups is 1. The minimum Gasteiger partial charge on any atom is -0.483 e. The summed E-state index contributed by atoms with van der Waals surface area (Å²) in [4.78, 5) is 21.6. The third kappa shape index (κ3) is 5.17. The smallest absolute Gasteiger partial charge is 0.433 e. The Morgan fingerprint density at radius 3 is 2.65 bits per heavy atom. The molecule has 1 amide bonds. The third-order valence-corrected chi connectivity index (χ3v) is 3.57. The Morgan fingerprint density at radius 1 is 1.35 bits per heavy atom. The number of benzene rings is 1. The summed E-state index contributed by atoms with van der Waals surface area (Å²) in [6.07, 6.45) is 1.17. The molecule has 0 bridgehead atoms. The van der Waals surface area contributed by atoms with Crippen molar-refractivity contribution in [3.8, 4) is 5.75 Å². The summed E-state index contributed by atoms with van der Waals surface area (Å²) in [6.45, 7) is 8.10. The normalized spacial score (nSPS) is 11.5. The zero-order valence-corrected chi connectivity index (χ0v) is 15.1. The number of amides is 1. The fourth-order valence-corrected chi connectivity index (χ4v) is 2.13. The zero-order chi connectivity index (χ0) is 19.3. The SMILES string of the molecule is Cc1cc(C(C)(C)C)ccc1OCC(=O)NN=Cc1ccc([N+](=O)[O-])o1. The highest BCUT2D eigenvalue weighted by Crippen LogP contribution is 2.27. The molecule has 26 heavy (non-hydrogen) atoms. The van der Waals surface area contributed by atoms with Crippen LogP contribution in [0.15, 0.2) is 39.9 Å². The maximum Gasteiger partial charge on any atom is 0.433 e. The van der Waals surface area contributed by atoms with E-state index in [9.17, 15) is 14.9 Å². The van der Waals surface area contributed by atoms with Crippen molar-refractivity contribution in [1.29, 1.82) is 0 Å². The van der Waals surface area contributed by atoms with E-state index in [0.717, 1.165) is 5.56 Å². The molecule has 2 rings (SSSR count). The van der Waals surface area contributed by atoms with Crippen molar-refractivity contribution in [1.82, 2.24) is 5.43 Å². The van der Waals surface area contributed by atoms with E-state index in [4.69, 9.17) is 9.15 Å². The Morgan fingerprint density at radius 2 is 2.08 bits per heavy atom. The van der Waals surface area contributed by atoms with Crippen LogP contribution in [0.4, 0.5) is 5.88 Å². The van der Waals surface area contributed by atoms with Gasteiger partial charge in [-0.05, 0) is 35.6 Å². The van der Waals surface area contributed by atoms with Gasteiger partial charge in [0.15, 0.2) is 12.4 Å². The van der Waals surface area contributed by atoms with Crippen LogP contribution in [-0.2, 0) is 10.2 Å². The van der Waals surface area contributed by atoms with Gasteiger partial charge in [0.25, 0.3) is 5.91 Å². The van der Waals surface area contributed by atoms with Gasteiger partial charge < -0.3 is 9.15 Å². The molecule has 0 aliphatic heterocycles. The van der Waals surface area contributed by atoms with E-state index in [1.165, 1.54) is 23.9 Å². The minimum atomic E-state index is -0.656. The molecule has 1 aromatic carbocycles. The summed E-state index contributed by atoms with van der Waals surface area (Å²) in [7, 11) is 0. The van der Waals surface area contributed by atoms with E-state index in [1.807, 2.05) is 25.1 Å². The molecule has 0 unspecified atom stereocenters. The van der Waals surface area contributed by atoms with Crippen LogP contribution in [0.1, 0.15) is 37.7 Å². The van der Waals surface area contributed by atoms with Crippen molar-refractivity contribution in [3.63, 3.8) is 0 Å². The highest BCUT2D eigenvalue weighted by Gasteiger charge is 2.15. The van der Waals surface area contributed by atoms with Crippen molar-refractivity contribution in [2.75, 3.05) is 6.61 Å². The number of ether oxygens (including phenoxy) is 1. The molecule has 2 aromatic rings. The van der Waals surface area contributed by atoms with Crippen LogP contribution in [0.25, 0.3) is 0 Å². The van der Waals surface area contributed by atoms with E-state index in [-0.39, 0.29) is 17.8 Å². The van der Waals surface area contributed by atoms with E-state index < -0.39 is 16.7 Å². The predicted molar refractivity (Wildman–Crippen MR) is 96.5 cm³/mol. The number of hydrazone groups is 1. The number of nitro groups is 1. The molecule has 0 aliphatic rings. The molecule has 0 fully saturated rings. The fourth-order valence-electron chi connectivity index (χ4n) is 2.13. The summed E-state index contributed by atoms with van der Waals surface area (Å²) in [5, 5.41) is 14.2. The van der Waals surface area contributed by atoms with Crippen molar-refractivity contribution >= 4 is 18.0 Å². The maximum absolute atomic E-state index is 11.8. The monoisotopic (exact) mass is 359 g/mol. The maximum atomic E-state index is 11.8. The average Bonchev–Trinajstić information content (AvgIpc) is 3.02. The number of carbonyl (C=O) groups excluding carboxylic acids is 1. The van der Waals surface area contributed by atoms with Crippen LogP contribution >= 0.6 is 0 Å². The first-order valence-electron chi connectivity index (χ1n) is 7.97. The Bertz CT molecular complexity index is 834. The lowest BCUT2D eigenvalue weighted by molar-refractivity contribution is -0.402. The second kappa shape index (κ2) is 7.81. The molecule has 8 nitrogen and oxygen atoms in total. The molecule has 1 aromatic heterocycles. The number of rotatable bonds is 6. The molecular weight excluding hydrogens is 338 g/mol. The second-order valence-corrected chi connectivity index (χ2v) is 6.75. The van der Waals surface area contributed by atoms with Crippen molar-refractivity contribution in [2.24, 2.45) is 5.10 Å². The van der Waals surface area contributed by atoms with E-state index in [2.05, 4.69) is 31.3 Å². The van der Waals surface area contributed by atoms with Crippen LogP contribution in [0, 0.1) is 17.0 Å². The van der Waals surface area contributed by atoms with Gasteiger partial charge in [0.2, 0.25) is 0 Å². The number of nitrogens with one attached hydrogen (secondary N) is 1. The molecule has 8 heteroatoms. The molecule has 138 valence electrons. The standard InChI is InChI=1S/C18H21N3O5/c1-12-9-13(18(2,3)4)5-7-15(12)25-11-16(22)20-19-10-14-6-8-17(26-14)21(23)24/h5-10H,11H2,1-4H3,(H,20,22). The second-order valence-electron chi connectivity index (χ2n) is 6.75. The van der Waals surface area contributed by atoms with Crippen molar-refractivity contribution < 1.29 is 18.9 Å². The van der Waals surface area contributed by atoms with Gasteiger partial charge in [0.05, 0.1) is 12.3 Å². The van der Waals surface area contributed by atoms with E-state index in [1.54, 1.807) is 0 Å². The number of hydrogen-bond donors (Lipinski definition) is 1. The van der Waals surface area contributed by atoms with Crippen molar-refractivity contribution in [3.05, 3.63) is 57.3 Å². The molecule has 0 spiro atoms. The van der Waals surface area contributed by atoms with Crippen LogP contribution in [-0.4, -0.2) is 23.7 Å². The highest BCUT2D eigenvalue weighted by molar-refractivity contribution is 5.81. The van der Waals surface area contributed by atoms with Crippen LogP contribution in [0.3, 0.4) is 0 Å². The van der Waals surface area contributed by atoms with Gasteiger partial charge in [0.1, 0.15) is 10.7 Å². The van der Waals surface area contributed by atoms with E-state index in [0.29, 0.717) is 5.75 Å². The predicted octanol–water partition coefficient (Wildman–Crippen LogP) is 3.32. The highest BCUT2D eigenvalue weighted by atomic mass is 16.6. The quantitative estimate of drug-likeness (QED) is 0.484.